The first-order chi connectivity index (χ1) is 28.2. The highest BCUT2D eigenvalue weighted by atomic mass is 32.1. The van der Waals surface area contributed by atoms with Gasteiger partial charge in [0.25, 0.3) is 0 Å². The van der Waals surface area contributed by atoms with E-state index in [0.717, 1.165) is 98.9 Å². The largest absolute Gasteiger partial charge is 0.350 e. The minimum atomic E-state index is -0.430. The number of hydrogen-bond donors (Lipinski definition) is 4. The fourth-order valence-electron chi connectivity index (χ4n) is 8.66. The Labute approximate surface area is 342 Å². The summed E-state index contributed by atoms with van der Waals surface area (Å²) in [4.78, 5) is 57.8. The standard InChI is InChI=1S/C45H50N10O2S/c1-26(2)39(52-38-10-5-17-46-38)43(56)55-20-7-9-37(55)42-49-33-16-15-31(24-34(33)50-42)29-11-12-30-23-32(14-13-28(30)22-29)35-25-48-41(51-35)36-8-6-19-54(36)44(57)40(27(3)4)53-45-47-18-21-58-45/h5,11-18,21-27,36-37,39-40H,6-10,19-20H2,1-4H3,(H,46,52)(H,47,53)(H,48,51)(H,49,50)/t36-,37-,39-,40-/m0/s1. The molecular formula is C45H50N10O2S. The van der Waals surface area contributed by atoms with Crippen LogP contribution in [0.2, 0.25) is 0 Å². The number of anilines is 1. The normalized spacial score (nSPS) is 19.9. The highest BCUT2D eigenvalue weighted by molar-refractivity contribution is 7.13. The van der Waals surface area contributed by atoms with Gasteiger partial charge in [-0.05, 0) is 89.9 Å². The van der Waals surface area contributed by atoms with Gasteiger partial charge in [-0.1, -0.05) is 64.1 Å². The molecule has 0 radical (unpaired) electrons. The Bertz CT molecular complexity index is 2510. The van der Waals surface area contributed by atoms with Crippen LogP contribution in [0.3, 0.4) is 0 Å². The summed E-state index contributed by atoms with van der Waals surface area (Å²) < 4.78 is 0. The van der Waals surface area contributed by atoms with Gasteiger partial charge in [0.2, 0.25) is 11.8 Å². The van der Waals surface area contributed by atoms with Gasteiger partial charge in [0.15, 0.2) is 5.13 Å². The number of imidazole rings is 2. The monoisotopic (exact) mass is 794 g/mol. The fourth-order valence-corrected chi connectivity index (χ4v) is 9.23. The Morgan fingerprint density at radius 2 is 1.53 bits per heavy atom. The number of amides is 2. The molecule has 2 saturated heterocycles. The number of thiazole rings is 1. The lowest BCUT2D eigenvalue weighted by Crippen LogP contribution is -2.45. The molecule has 0 spiro atoms. The smallest absolute Gasteiger partial charge is 0.248 e. The Hall–Kier alpha value is -5.82. The molecule has 0 bridgehead atoms. The van der Waals surface area contributed by atoms with Crippen molar-refractivity contribution < 1.29 is 9.59 Å². The second-order valence-corrected chi connectivity index (χ2v) is 17.3. The summed E-state index contributed by atoms with van der Waals surface area (Å²) in [6.45, 7) is 9.67. The third-order valence-corrected chi connectivity index (χ3v) is 12.5. The van der Waals surface area contributed by atoms with Crippen molar-refractivity contribution in [2.75, 3.05) is 18.4 Å². The molecule has 4 atom stereocenters. The van der Waals surface area contributed by atoms with Crippen molar-refractivity contribution in [2.24, 2.45) is 16.8 Å². The molecule has 3 aromatic carbocycles. The zero-order valence-electron chi connectivity index (χ0n) is 33.4. The van der Waals surface area contributed by atoms with Crippen LogP contribution in [0.25, 0.3) is 44.2 Å². The number of aromatic nitrogens is 5. The number of aromatic amines is 2. The summed E-state index contributed by atoms with van der Waals surface area (Å²) in [6, 6.07) is 18.4. The van der Waals surface area contributed by atoms with Crippen LogP contribution >= 0.6 is 11.3 Å². The second-order valence-electron chi connectivity index (χ2n) is 16.4. The zero-order chi connectivity index (χ0) is 39.9. The summed E-state index contributed by atoms with van der Waals surface area (Å²) in [5, 5.41) is 11.5. The lowest BCUT2D eigenvalue weighted by atomic mass is 9.99. The van der Waals surface area contributed by atoms with Crippen molar-refractivity contribution in [1.29, 1.82) is 0 Å². The molecule has 0 saturated carbocycles. The van der Waals surface area contributed by atoms with Crippen LogP contribution in [0.4, 0.5) is 5.13 Å². The van der Waals surface area contributed by atoms with Crippen LogP contribution in [0, 0.1) is 11.8 Å². The van der Waals surface area contributed by atoms with E-state index in [0.29, 0.717) is 13.1 Å². The van der Waals surface area contributed by atoms with E-state index in [2.05, 4.69) is 108 Å². The Morgan fingerprint density at radius 1 is 0.828 bits per heavy atom. The Morgan fingerprint density at radius 3 is 2.24 bits per heavy atom. The van der Waals surface area contributed by atoms with Crippen LogP contribution in [0.1, 0.15) is 83.5 Å². The van der Waals surface area contributed by atoms with Gasteiger partial charge in [0.05, 0.1) is 35.0 Å². The molecule has 3 aliphatic heterocycles. The number of carbonyl (C=O) groups is 2. The maximum atomic E-state index is 13.9. The van der Waals surface area contributed by atoms with E-state index < -0.39 is 6.04 Å². The number of benzene rings is 3. The molecule has 12 nitrogen and oxygen atoms in total. The summed E-state index contributed by atoms with van der Waals surface area (Å²) >= 11 is 1.51. The van der Waals surface area contributed by atoms with E-state index in [4.69, 9.17) is 15.0 Å². The molecule has 9 rings (SSSR count). The lowest BCUT2D eigenvalue weighted by Gasteiger charge is -2.30. The van der Waals surface area contributed by atoms with Crippen LogP contribution < -0.4 is 10.6 Å². The predicted octanol–water partition coefficient (Wildman–Crippen LogP) is 8.62. The van der Waals surface area contributed by atoms with Crippen molar-refractivity contribution in [2.45, 2.75) is 84.0 Å². The number of amidine groups is 1. The molecule has 6 heterocycles. The molecule has 58 heavy (non-hydrogen) atoms. The molecule has 13 heteroatoms. The van der Waals surface area contributed by atoms with Crippen LogP contribution in [0.5, 0.6) is 0 Å². The SMILES string of the molecule is CC(C)[C@H](N=C1CC=CN1)C(=O)N1CCC[C@H]1c1nc2ccc(-c3ccc4cc(-c5cnc([C@@H]6CCCN6C(=O)[C@@H](Nc6nccs6)C(C)C)[nH]5)ccc4c3)cc2[nH]1. The molecule has 3 aromatic heterocycles. The molecule has 298 valence electrons. The van der Waals surface area contributed by atoms with Crippen molar-refractivity contribution in [3.63, 3.8) is 0 Å². The number of aliphatic imine (C=N–C) groups is 1. The first-order valence-corrected chi connectivity index (χ1v) is 21.4. The highest BCUT2D eigenvalue weighted by Crippen LogP contribution is 2.36. The van der Waals surface area contributed by atoms with Crippen LogP contribution in [-0.2, 0) is 9.59 Å². The first kappa shape index (κ1) is 37.7. The summed E-state index contributed by atoms with van der Waals surface area (Å²) in [6.07, 6.45) is 11.9. The number of fused-ring (bicyclic) bond motifs is 2. The van der Waals surface area contributed by atoms with Crippen molar-refractivity contribution in [3.8, 4) is 22.4 Å². The maximum Gasteiger partial charge on any atom is 0.248 e. The topological polar surface area (TPSA) is 147 Å². The molecule has 0 unspecified atom stereocenters. The molecule has 0 aliphatic carbocycles. The molecule has 3 aliphatic rings. The van der Waals surface area contributed by atoms with Gasteiger partial charge in [-0.3, -0.25) is 14.6 Å². The van der Waals surface area contributed by atoms with Gasteiger partial charge in [-0.25, -0.2) is 15.0 Å². The van der Waals surface area contributed by atoms with Gasteiger partial charge in [0, 0.05) is 36.7 Å². The Kier molecular flexibility index (Phi) is 10.3. The highest BCUT2D eigenvalue weighted by Gasteiger charge is 2.38. The molecule has 6 aromatic rings. The molecular weight excluding hydrogens is 745 g/mol. The lowest BCUT2D eigenvalue weighted by molar-refractivity contribution is -0.135. The van der Waals surface area contributed by atoms with E-state index >= 15 is 0 Å². The van der Waals surface area contributed by atoms with E-state index in [-0.39, 0.29) is 41.8 Å². The number of H-pyrrole nitrogens is 2. The summed E-state index contributed by atoms with van der Waals surface area (Å²) in [5.74, 6) is 2.84. The first-order valence-electron chi connectivity index (χ1n) is 20.5. The fraction of sp³-hybridized carbons (Fsp3) is 0.378. The number of nitrogens with zero attached hydrogens (tertiary/aromatic N) is 6. The van der Waals surface area contributed by atoms with Crippen molar-refractivity contribution >= 4 is 55.9 Å². The predicted molar refractivity (Wildman–Crippen MR) is 231 cm³/mol. The third kappa shape index (κ3) is 7.39. The van der Waals surface area contributed by atoms with Crippen LogP contribution in [-0.4, -0.2) is 77.5 Å². The van der Waals surface area contributed by atoms with E-state index in [1.807, 2.05) is 33.7 Å². The number of hydrogen-bond acceptors (Lipinski definition) is 8. The molecule has 4 N–H and O–H groups in total. The molecule has 2 fully saturated rings. The van der Waals surface area contributed by atoms with E-state index in [9.17, 15) is 9.59 Å². The average molecular weight is 795 g/mol. The number of nitrogens with one attached hydrogen (secondary N) is 4. The van der Waals surface area contributed by atoms with E-state index in [1.54, 1.807) is 6.20 Å². The quantitative estimate of drug-likeness (QED) is 0.103. The van der Waals surface area contributed by atoms with Gasteiger partial charge >= 0.3 is 0 Å². The summed E-state index contributed by atoms with van der Waals surface area (Å²) in [5.41, 5.74) is 6.03. The van der Waals surface area contributed by atoms with Crippen LogP contribution in [0.15, 0.2) is 89.6 Å². The summed E-state index contributed by atoms with van der Waals surface area (Å²) in [7, 11) is 0. The molecule has 2 amide bonds. The maximum absolute atomic E-state index is 13.9. The van der Waals surface area contributed by atoms with Crippen molar-refractivity contribution in [3.05, 3.63) is 96.3 Å². The minimum Gasteiger partial charge on any atom is -0.350 e. The third-order valence-electron chi connectivity index (χ3n) is 11.8. The second kappa shape index (κ2) is 15.8. The number of rotatable bonds is 11. The minimum absolute atomic E-state index is 0.0655. The number of likely N-dealkylation sites (tertiary alicyclic amines) is 2. The van der Waals surface area contributed by atoms with E-state index in [1.165, 1.54) is 11.3 Å². The van der Waals surface area contributed by atoms with Gasteiger partial charge < -0.3 is 30.4 Å². The van der Waals surface area contributed by atoms with Gasteiger partial charge in [0.1, 0.15) is 29.6 Å². The Balaban J connectivity index is 0.907. The van der Waals surface area contributed by atoms with Crippen molar-refractivity contribution in [1.82, 2.24) is 40.0 Å². The average Bonchev–Trinajstić information content (AvgIpc) is 4.08. The zero-order valence-corrected chi connectivity index (χ0v) is 34.2. The number of carbonyl (C=O) groups excluding carboxylic acids is 2. The van der Waals surface area contributed by atoms with Gasteiger partial charge in [-0.15, -0.1) is 11.3 Å². The van der Waals surface area contributed by atoms with Gasteiger partial charge in [-0.2, -0.15) is 0 Å².